The molecule has 1 amide bonds. The quantitative estimate of drug-likeness (QED) is 0.750. The number of hydrogen-bond acceptors (Lipinski definition) is 5. The Morgan fingerprint density at radius 1 is 1.10 bits per heavy atom. The number of ether oxygens (including phenoxy) is 1. The lowest BCUT2D eigenvalue weighted by Crippen LogP contribution is -2.54. The van der Waals surface area contributed by atoms with Gasteiger partial charge < -0.3 is 14.5 Å². The van der Waals surface area contributed by atoms with E-state index in [0.29, 0.717) is 37.0 Å². The van der Waals surface area contributed by atoms with E-state index in [1.807, 2.05) is 24.3 Å². The lowest BCUT2D eigenvalue weighted by molar-refractivity contribution is -0.132. The molecule has 7 nitrogen and oxygen atoms in total. The van der Waals surface area contributed by atoms with Crippen LogP contribution in [0.15, 0.2) is 53.4 Å². The van der Waals surface area contributed by atoms with Crippen molar-refractivity contribution < 1.29 is 17.9 Å². The molecule has 2 aromatic carbocycles. The maximum absolute atomic E-state index is 12.7. The first-order chi connectivity index (χ1) is 13.8. The van der Waals surface area contributed by atoms with Crippen LogP contribution in [0.3, 0.4) is 0 Å². The molecule has 0 radical (unpaired) electrons. The van der Waals surface area contributed by atoms with E-state index in [9.17, 15) is 13.2 Å². The summed E-state index contributed by atoms with van der Waals surface area (Å²) in [6.45, 7) is 3.90. The highest BCUT2D eigenvalue weighted by atomic mass is 35.5. The Morgan fingerprint density at radius 2 is 1.76 bits per heavy atom. The first-order valence-electron chi connectivity index (χ1n) is 9.26. The van der Waals surface area contributed by atoms with Gasteiger partial charge in [0.2, 0.25) is 15.9 Å². The molecule has 1 heterocycles. The van der Waals surface area contributed by atoms with Gasteiger partial charge in [0.1, 0.15) is 5.75 Å². The molecule has 29 heavy (non-hydrogen) atoms. The van der Waals surface area contributed by atoms with Crippen LogP contribution < -0.4 is 14.4 Å². The smallest absolute Gasteiger partial charge is 0.241 e. The van der Waals surface area contributed by atoms with Crippen LogP contribution in [0.1, 0.15) is 6.92 Å². The van der Waals surface area contributed by atoms with Crippen molar-refractivity contribution in [2.24, 2.45) is 0 Å². The van der Waals surface area contributed by atoms with Gasteiger partial charge in [-0.05, 0) is 49.4 Å². The molecule has 0 aromatic heterocycles. The number of nitrogens with one attached hydrogen (secondary N) is 1. The number of halogens is 1. The van der Waals surface area contributed by atoms with Gasteiger partial charge in [-0.25, -0.2) is 8.42 Å². The maximum Gasteiger partial charge on any atom is 0.241 e. The van der Waals surface area contributed by atoms with Gasteiger partial charge in [-0.1, -0.05) is 17.7 Å². The molecule has 0 bridgehead atoms. The Morgan fingerprint density at radius 3 is 2.34 bits per heavy atom. The minimum Gasteiger partial charge on any atom is -0.497 e. The van der Waals surface area contributed by atoms with E-state index in [4.69, 9.17) is 16.3 Å². The van der Waals surface area contributed by atoms with Crippen molar-refractivity contribution in [3.63, 3.8) is 0 Å². The van der Waals surface area contributed by atoms with E-state index >= 15 is 0 Å². The highest BCUT2D eigenvalue weighted by molar-refractivity contribution is 7.89. The lowest BCUT2D eigenvalue weighted by atomic mass is 10.2. The van der Waals surface area contributed by atoms with E-state index in [-0.39, 0.29) is 10.8 Å². The number of sulfonamides is 1. The summed E-state index contributed by atoms with van der Waals surface area (Å²) in [6.07, 6.45) is 0. The molecule has 0 saturated carbocycles. The van der Waals surface area contributed by atoms with Gasteiger partial charge in [0, 0.05) is 36.9 Å². The van der Waals surface area contributed by atoms with Gasteiger partial charge in [-0.2, -0.15) is 4.72 Å². The summed E-state index contributed by atoms with van der Waals surface area (Å²) < 4.78 is 32.6. The van der Waals surface area contributed by atoms with Crippen molar-refractivity contribution in [1.29, 1.82) is 0 Å². The second kappa shape index (κ2) is 9.02. The normalized spacial score (nSPS) is 15.8. The van der Waals surface area contributed by atoms with Gasteiger partial charge in [-0.3, -0.25) is 4.79 Å². The molecule has 1 aliphatic rings. The second-order valence-electron chi connectivity index (χ2n) is 6.81. The fourth-order valence-electron chi connectivity index (χ4n) is 3.24. The predicted molar refractivity (Wildman–Crippen MR) is 113 cm³/mol. The number of carbonyl (C=O) groups excluding carboxylic acids is 1. The number of nitrogens with zero attached hydrogens (tertiary/aromatic N) is 2. The number of rotatable bonds is 6. The number of amides is 1. The monoisotopic (exact) mass is 437 g/mol. The highest BCUT2D eigenvalue weighted by Gasteiger charge is 2.28. The fourth-order valence-corrected chi connectivity index (χ4v) is 4.62. The first-order valence-corrected chi connectivity index (χ1v) is 11.1. The van der Waals surface area contributed by atoms with Gasteiger partial charge >= 0.3 is 0 Å². The van der Waals surface area contributed by atoms with E-state index in [1.165, 1.54) is 19.2 Å². The van der Waals surface area contributed by atoms with Crippen LogP contribution in [0.25, 0.3) is 0 Å². The van der Waals surface area contributed by atoms with Crippen LogP contribution in [0.4, 0.5) is 5.69 Å². The van der Waals surface area contributed by atoms with Crippen molar-refractivity contribution >= 4 is 33.2 Å². The molecule has 1 fully saturated rings. The molecule has 0 unspecified atom stereocenters. The first kappa shape index (κ1) is 21.4. The number of methoxy groups -OCH3 is 1. The molecule has 1 N–H and O–H groups in total. The summed E-state index contributed by atoms with van der Waals surface area (Å²) in [5, 5.41) is 0.669. The van der Waals surface area contributed by atoms with Crippen molar-refractivity contribution in [3.05, 3.63) is 53.6 Å². The highest BCUT2D eigenvalue weighted by Crippen LogP contribution is 2.21. The SMILES string of the molecule is COc1ccc(S(=O)(=O)N[C@H](C)C(=O)N2CCN(c3cccc(Cl)c3)CC2)cc1. The zero-order valence-corrected chi connectivity index (χ0v) is 17.9. The van der Waals surface area contributed by atoms with Crippen molar-refractivity contribution in [3.8, 4) is 5.75 Å². The minimum absolute atomic E-state index is 0.0868. The van der Waals surface area contributed by atoms with Crippen LogP contribution >= 0.6 is 11.6 Å². The average molecular weight is 438 g/mol. The molecule has 1 saturated heterocycles. The zero-order chi connectivity index (χ0) is 21.0. The van der Waals surface area contributed by atoms with Crippen molar-refractivity contribution in [2.45, 2.75) is 17.9 Å². The molecule has 156 valence electrons. The summed E-state index contributed by atoms with van der Waals surface area (Å²) in [6, 6.07) is 12.8. The summed E-state index contributed by atoms with van der Waals surface area (Å²) in [5.74, 6) is 0.318. The Hall–Kier alpha value is -2.29. The number of carbonyl (C=O) groups is 1. The van der Waals surface area contributed by atoms with Crippen LogP contribution in [0.2, 0.25) is 5.02 Å². The molecular formula is C20H24ClN3O4S. The van der Waals surface area contributed by atoms with Gasteiger partial charge in [0.15, 0.2) is 0 Å². The Kier molecular flexibility index (Phi) is 6.66. The average Bonchev–Trinajstić information content (AvgIpc) is 2.73. The summed E-state index contributed by atoms with van der Waals surface area (Å²) in [5.41, 5.74) is 1.01. The molecule has 3 rings (SSSR count). The molecule has 1 aliphatic heterocycles. The standard InChI is InChI=1S/C20H24ClN3O4S/c1-15(22-29(26,27)19-8-6-18(28-2)7-9-19)20(25)24-12-10-23(11-13-24)17-5-3-4-16(21)14-17/h3-9,14-15,22H,10-13H2,1-2H3/t15-/m1/s1. The molecule has 0 aliphatic carbocycles. The molecule has 9 heteroatoms. The zero-order valence-electron chi connectivity index (χ0n) is 16.3. The number of benzene rings is 2. The van der Waals surface area contributed by atoms with Crippen LogP contribution in [0, 0.1) is 0 Å². The summed E-state index contributed by atoms with van der Waals surface area (Å²) >= 11 is 6.05. The second-order valence-corrected chi connectivity index (χ2v) is 8.96. The van der Waals surface area contributed by atoms with Gasteiger partial charge in [-0.15, -0.1) is 0 Å². The Labute approximate surface area is 176 Å². The van der Waals surface area contributed by atoms with E-state index in [2.05, 4.69) is 9.62 Å². The maximum atomic E-state index is 12.7. The van der Waals surface area contributed by atoms with Crippen molar-refractivity contribution in [2.75, 3.05) is 38.2 Å². The fraction of sp³-hybridized carbons (Fsp3) is 0.350. The van der Waals surface area contributed by atoms with E-state index in [1.54, 1.807) is 24.0 Å². The Balaban J connectivity index is 1.59. The van der Waals surface area contributed by atoms with Crippen LogP contribution in [-0.4, -0.2) is 58.6 Å². The van der Waals surface area contributed by atoms with Gasteiger partial charge in [0.25, 0.3) is 0 Å². The predicted octanol–water partition coefficient (Wildman–Crippen LogP) is 2.36. The van der Waals surface area contributed by atoms with E-state index in [0.717, 1.165) is 5.69 Å². The van der Waals surface area contributed by atoms with Gasteiger partial charge in [0.05, 0.1) is 18.0 Å². The number of hydrogen-bond donors (Lipinski definition) is 1. The largest absolute Gasteiger partial charge is 0.497 e. The number of anilines is 1. The summed E-state index contributed by atoms with van der Waals surface area (Å²) in [7, 11) is -2.30. The van der Waals surface area contributed by atoms with Crippen LogP contribution in [0.5, 0.6) is 5.75 Å². The van der Waals surface area contributed by atoms with E-state index < -0.39 is 16.1 Å². The molecule has 2 aromatic rings. The molecular weight excluding hydrogens is 414 g/mol. The van der Waals surface area contributed by atoms with Crippen molar-refractivity contribution in [1.82, 2.24) is 9.62 Å². The molecule has 0 spiro atoms. The topological polar surface area (TPSA) is 78.9 Å². The third-order valence-corrected chi connectivity index (χ3v) is 6.63. The van der Waals surface area contributed by atoms with Crippen LogP contribution in [-0.2, 0) is 14.8 Å². The lowest BCUT2D eigenvalue weighted by Gasteiger charge is -2.37. The number of piperazine rings is 1. The minimum atomic E-state index is -3.80. The third kappa shape index (κ3) is 5.20. The Bertz CT molecular complexity index is 958. The third-order valence-electron chi connectivity index (χ3n) is 4.84. The molecule has 1 atom stereocenters. The summed E-state index contributed by atoms with van der Waals surface area (Å²) in [4.78, 5) is 16.7.